The van der Waals surface area contributed by atoms with Crippen molar-refractivity contribution in [3.05, 3.63) is 94.0 Å². The molecule has 0 heterocycles. The summed E-state index contributed by atoms with van der Waals surface area (Å²) in [4.78, 5) is 12.3. The molecule has 0 spiro atoms. The lowest BCUT2D eigenvalue weighted by atomic mass is 10.2. The van der Waals surface area contributed by atoms with Crippen LogP contribution in [0.5, 0.6) is 11.5 Å². The number of carbonyl (C=O) groups is 1. The molecule has 0 saturated carbocycles. The number of benzene rings is 3. The molecule has 0 atom stereocenters. The van der Waals surface area contributed by atoms with Crippen LogP contribution in [-0.4, -0.2) is 18.7 Å². The molecule has 0 aliphatic rings. The first-order valence-corrected chi connectivity index (χ1v) is 9.91. The zero-order valence-corrected chi connectivity index (χ0v) is 17.6. The molecular formula is C24H19BrN2O3. The summed E-state index contributed by atoms with van der Waals surface area (Å²) >= 11 is 3.44. The molecule has 1 amide bonds. The van der Waals surface area contributed by atoms with Crippen molar-refractivity contribution in [2.45, 2.75) is 6.61 Å². The Kier molecular flexibility index (Phi) is 7.64. The molecule has 0 aliphatic carbocycles. The molecule has 0 radical (unpaired) electrons. The number of ether oxygens (including phenoxy) is 2. The number of para-hydroxylation sites is 1. The van der Waals surface area contributed by atoms with Crippen LogP contribution in [0.1, 0.15) is 21.5 Å². The highest BCUT2D eigenvalue weighted by Gasteiger charge is 2.05. The van der Waals surface area contributed by atoms with E-state index >= 15 is 0 Å². The van der Waals surface area contributed by atoms with Crippen molar-refractivity contribution in [3.8, 4) is 23.8 Å². The average molecular weight is 463 g/mol. The van der Waals surface area contributed by atoms with Crippen molar-refractivity contribution in [3.63, 3.8) is 0 Å². The maximum Gasteiger partial charge on any atom is 0.271 e. The fraction of sp³-hybridized carbons (Fsp3) is 0.0833. The number of terminal acetylenes is 1. The van der Waals surface area contributed by atoms with Crippen LogP contribution in [0.3, 0.4) is 0 Å². The molecule has 1 N–H and O–H groups in total. The molecule has 0 aliphatic heterocycles. The van der Waals surface area contributed by atoms with Gasteiger partial charge in [-0.1, -0.05) is 46.1 Å². The maximum absolute atomic E-state index is 12.3. The van der Waals surface area contributed by atoms with Gasteiger partial charge in [0.25, 0.3) is 5.91 Å². The molecule has 5 nitrogen and oxygen atoms in total. The Bertz CT molecular complexity index is 1070. The number of rotatable bonds is 8. The number of hydrazone groups is 1. The fourth-order valence-corrected chi connectivity index (χ4v) is 3.01. The van der Waals surface area contributed by atoms with Gasteiger partial charge in [-0.05, 0) is 54.1 Å². The van der Waals surface area contributed by atoms with E-state index in [1.54, 1.807) is 30.3 Å². The van der Waals surface area contributed by atoms with Crippen molar-refractivity contribution in [1.82, 2.24) is 5.43 Å². The number of amides is 1. The number of nitrogens with one attached hydrogen (secondary N) is 1. The van der Waals surface area contributed by atoms with E-state index in [-0.39, 0.29) is 12.5 Å². The summed E-state index contributed by atoms with van der Waals surface area (Å²) in [5.74, 6) is 3.36. The zero-order chi connectivity index (χ0) is 21.2. The number of hydrogen-bond acceptors (Lipinski definition) is 4. The van der Waals surface area contributed by atoms with Crippen LogP contribution >= 0.6 is 15.9 Å². The van der Waals surface area contributed by atoms with Gasteiger partial charge in [0.15, 0.2) is 0 Å². The second-order valence-corrected chi connectivity index (χ2v) is 7.09. The summed E-state index contributed by atoms with van der Waals surface area (Å²) < 4.78 is 12.2. The van der Waals surface area contributed by atoms with Crippen molar-refractivity contribution in [2.24, 2.45) is 5.10 Å². The molecule has 30 heavy (non-hydrogen) atoms. The zero-order valence-electron chi connectivity index (χ0n) is 16.0. The topological polar surface area (TPSA) is 59.9 Å². The first kappa shape index (κ1) is 21.2. The second kappa shape index (κ2) is 10.8. The normalized spacial score (nSPS) is 10.4. The molecular weight excluding hydrogens is 444 g/mol. The lowest BCUT2D eigenvalue weighted by Crippen LogP contribution is -2.17. The average Bonchev–Trinajstić information content (AvgIpc) is 2.77. The van der Waals surface area contributed by atoms with E-state index in [1.165, 1.54) is 6.21 Å². The van der Waals surface area contributed by atoms with Crippen molar-refractivity contribution in [2.75, 3.05) is 6.61 Å². The van der Waals surface area contributed by atoms with Gasteiger partial charge < -0.3 is 9.47 Å². The Balaban J connectivity index is 1.55. The SMILES string of the molecule is C#CCOc1ccccc1/C=N\NC(=O)c1ccc(OCc2cccc(Br)c2)cc1. The standard InChI is InChI=1S/C24H19BrN2O3/c1-2-14-29-23-9-4-3-7-20(23)16-26-27-24(28)19-10-12-22(13-11-19)30-17-18-6-5-8-21(25)15-18/h1,3-13,15-16H,14,17H2,(H,27,28)/b26-16-. The van der Waals surface area contributed by atoms with Crippen LogP contribution in [0, 0.1) is 12.3 Å². The van der Waals surface area contributed by atoms with Gasteiger partial charge in [-0.2, -0.15) is 5.10 Å². The van der Waals surface area contributed by atoms with E-state index in [0.717, 1.165) is 10.0 Å². The van der Waals surface area contributed by atoms with Gasteiger partial charge in [0, 0.05) is 15.6 Å². The third kappa shape index (κ3) is 6.23. The largest absolute Gasteiger partial charge is 0.489 e. The van der Waals surface area contributed by atoms with E-state index < -0.39 is 0 Å². The Labute approximate surface area is 183 Å². The third-order valence-electron chi connectivity index (χ3n) is 4.01. The van der Waals surface area contributed by atoms with Crippen LogP contribution in [0.15, 0.2) is 82.4 Å². The van der Waals surface area contributed by atoms with Crippen LogP contribution in [0.25, 0.3) is 0 Å². The van der Waals surface area contributed by atoms with Crippen molar-refractivity contribution >= 4 is 28.1 Å². The van der Waals surface area contributed by atoms with Crippen LogP contribution in [0.2, 0.25) is 0 Å². The van der Waals surface area contributed by atoms with Crippen LogP contribution < -0.4 is 14.9 Å². The second-order valence-electron chi connectivity index (χ2n) is 6.17. The van der Waals surface area contributed by atoms with Crippen LogP contribution in [-0.2, 0) is 6.61 Å². The summed E-state index contributed by atoms with van der Waals surface area (Å²) in [5, 5.41) is 4.00. The number of nitrogens with zero attached hydrogens (tertiary/aromatic N) is 1. The molecule has 0 fully saturated rings. The van der Waals surface area contributed by atoms with E-state index in [2.05, 4.69) is 32.4 Å². The van der Waals surface area contributed by atoms with E-state index in [1.807, 2.05) is 42.5 Å². The van der Waals surface area contributed by atoms with Gasteiger partial charge >= 0.3 is 0 Å². The van der Waals surface area contributed by atoms with E-state index in [0.29, 0.717) is 29.2 Å². The quantitative estimate of drug-likeness (QED) is 0.297. The van der Waals surface area contributed by atoms with Crippen molar-refractivity contribution in [1.29, 1.82) is 0 Å². The van der Waals surface area contributed by atoms with Gasteiger partial charge in [-0.25, -0.2) is 5.43 Å². The highest BCUT2D eigenvalue weighted by atomic mass is 79.9. The number of hydrogen-bond donors (Lipinski definition) is 1. The van der Waals surface area contributed by atoms with Gasteiger partial charge in [0.05, 0.1) is 6.21 Å². The predicted molar refractivity (Wildman–Crippen MR) is 121 cm³/mol. The molecule has 0 aromatic heterocycles. The Hall–Kier alpha value is -3.56. The Morgan fingerprint density at radius 3 is 2.63 bits per heavy atom. The summed E-state index contributed by atoms with van der Waals surface area (Å²) in [5.41, 5.74) is 4.73. The van der Waals surface area contributed by atoms with Crippen molar-refractivity contribution < 1.29 is 14.3 Å². The third-order valence-corrected chi connectivity index (χ3v) is 4.50. The van der Waals surface area contributed by atoms with E-state index in [4.69, 9.17) is 15.9 Å². The molecule has 0 bridgehead atoms. The molecule has 150 valence electrons. The highest BCUT2D eigenvalue weighted by molar-refractivity contribution is 9.10. The Morgan fingerprint density at radius 2 is 1.87 bits per heavy atom. The summed E-state index contributed by atoms with van der Waals surface area (Å²) in [6.45, 7) is 0.601. The van der Waals surface area contributed by atoms with Gasteiger partial charge in [-0.3, -0.25) is 4.79 Å². The lowest BCUT2D eigenvalue weighted by Gasteiger charge is -2.07. The van der Waals surface area contributed by atoms with Crippen LogP contribution in [0.4, 0.5) is 0 Å². The lowest BCUT2D eigenvalue weighted by molar-refractivity contribution is 0.0955. The Morgan fingerprint density at radius 1 is 1.07 bits per heavy atom. The molecule has 0 unspecified atom stereocenters. The maximum atomic E-state index is 12.3. The first-order valence-electron chi connectivity index (χ1n) is 9.12. The molecule has 0 saturated heterocycles. The highest BCUT2D eigenvalue weighted by Crippen LogP contribution is 2.17. The number of carbonyl (C=O) groups excluding carboxylic acids is 1. The molecule has 3 aromatic carbocycles. The summed E-state index contributed by atoms with van der Waals surface area (Å²) in [6, 6.07) is 22.1. The summed E-state index contributed by atoms with van der Waals surface area (Å²) in [6.07, 6.45) is 6.73. The van der Waals surface area contributed by atoms with Gasteiger partial charge in [0.2, 0.25) is 0 Å². The van der Waals surface area contributed by atoms with Gasteiger partial charge in [-0.15, -0.1) is 6.42 Å². The van der Waals surface area contributed by atoms with E-state index in [9.17, 15) is 4.79 Å². The minimum Gasteiger partial charge on any atom is -0.489 e. The minimum absolute atomic E-state index is 0.160. The predicted octanol–water partition coefficient (Wildman–Crippen LogP) is 4.80. The first-order chi connectivity index (χ1) is 14.7. The molecule has 3 rings (SSSR count). The number of halogens is 1. The molecule has 6 heteroatoms. The van der Waals surface area contributed by atoms with Gasteiger partial charge in [0.1, 0.15) is 24.7 Å². The molecule has 3 aromatic rings. The monoisotopic (exact) mass is 462 g/mol. The summed E-state index contributed by atoms with van der Waals surface area (Å²) in [7, 11) is 0. The smallest absolute Gasteiger partial charge is 0.271 e. The minimum atomic E-state index is -0.327. The fourth-order valence-electron chi connectivity index (χ4n) is 2.56.